The molecule has 0 saturated carbocycles. The fourth-order valence-corrected chi connectivity index (χ4v) is 3.78. The second-order valence-electron chi connectivity index (χ2n) is 5.98. The molecule has 2 saturated heterocycles. The van der Waals surface area contributed by atoms with Crippen LogP contribution < -0.4 is 4.90 Å². The Bertz CT molecular complexity index is 375. The zero-order valence-electron chi connectivity index (χ0n) is 11.5. The van der Waals surface area contributed by atoms with Crippen LogP contribution in [-0.4, -0.2) is 37.1 Å². The maximum absolute atomic E-state index is 2.64. The van der Waals surface area contributed by atoms with E-state index in [9.17, 15) is 0 Å². The molecule has 2 bridgehead atoms. The molecule has 2 unspecified atom stereocenters. The van der Waals surface area contributed by atoms with Crippen LogP contribution in [0.25, 0.3) is 0 Å². The van der Waals surface area contributed by atoms with Gasteiger partial charge in [-0.2, -0.15) is 0 Å². The van der Waals surface area contributed by atoms with Gasteiger partial charge < -0.3 is 9.80 Å². The lowest BCUT2D eigenvalue weighted by atomic mass is 9.81. The number of hydrogen-bond acceptors (Lipinski definition) is 2. The first-order valence-electron chi connectivity index (χ1n) is 7.25. The summed E-state index contributed by atoms with van der Waals surface area (Å²) in [5.74, 6) is 0. The Balaban J connectivity index is 1.74. The molecule has 2 fully saturated rings. The Morgan fingerprint density at radius 2 is 1.67 bits per heavy atom. The van der Waals surface area contributed by atoms with Crippen molar-refractivity contribution in [3.8, 4) is 0 Å². The summed E-state index contributed by atoms with van der Waals surface area (Å²) in [4.78, 5) is 5.14. The van der Waals surface area contributed by atoms with Gasteiger partial charge in [0, 0.05) is 30.9 Å². The number of rotatable bonds is 2. The van der Waals surface area contributed by atoms with Gasteiger partial charge in [0.1, 0.15) is 0 Å². The van der Waals surface area contributed by atoms with Crippen molar-refractivity contribution in [3.63, 3.8) is 0 Å². The molecular formula is C16H24N2. The van der Waals surface area contributed by atoms with Crippen LogP contribution in [0, 0.1) is 0 Å². The van der Waals surface area contributed by atoms with Gasteiger partial charge in [0.25, 0.3) is 0 Å². The van der Waals surface area contributed by atoms with Crippen molar-refractivity contribution in [2.45, 2.75) is 50.2 Å². The number of piperidine rings is 2. The number of hydrogen-bond donors (Lipinski definition) is 0. The Labute approximate surface area is 111 Å². The highest BCUT2D eigenvalue weighted by molar-refractivity contribution is 5.46. The zero-order valence-corrected chi connectivity index (χ0v) is 11.5. The third-order valence-electron chi connectivity index (χ3n) is 5.03. The topological polar surface area (TPSA) is 6.48 Å². The van der Waals surface area contributed by atoms with Crippen molar-refractivity contribution >= 4 is 5.69 Å². The van der Waals surface area contributed by atoms with Gasteiger partial charge in [-0.15, -0.1) is 0 Å². The van der Waals surface area contributed by atoms with Crippen LogP contribution >= 0.6 is 0 Å². The molecule has 2 aliphatic heterocycles. The van der Waals surface area contributed by atoms with E-state index in [1.54, 1.807) is 0 Å². The molecule has 2 heteroatoms. The fraction of sp³-hybridized carbons (Fsp3) is 0.625. The Morgan fingerprint density at radius 1 is 1.06 bits per heavy atom. The Hall–Kier alpha value is -1.02. The van der Waals surface area contributed by atoms with Gasteiger partial charge in [-0.1, -0.05) is 24.6 Å². The van der Waals surface area contributed by atoms with Crippen LogP contribution in [0.3, 0.4) is 0 Å². The summed E-state index contributed by atoms with van der Waals surface area (Å²) >= 11 is 0. The first-order valence-corrected chi connectivity index (χ1v) is 7.25. The molecule has 0 spiro atoms. The maximum atomic E-state index is 2.64. The number of para-hydroxylation sites is 1. The monoisotopic (exact) mass is 244 g/mol. The molecule has 2 aliphatic rings. The van der Waals surface area contributed by atoms with E-state index in [1.807, 2.05) is 0 Å². The van der Waals surface area contributed by atoms with E-state index in [2.05, 4.69) is 54.2 Å². The van der Waals surface area contributed by atoms with Gasteiger partial charge in [-0.3, -0.25) is 0 Å². The predicted molar refractivity (Wildman–Crippen MR) is 77.1 cm³/mol. The minimum atomic E-state index is 0.721. The smallest absolute Gasteiger partial charge is 0.0366 e. The van der Waals surface area contributed by atoms with E-state index in [0.717, 1.165) is 18.1 Å². The number of anilines is 1. The first kappa shape index (κ1) is 12.0. The molecule has 0 aromatic heterocycles. The average molecular weight is 244 g/mol. The van der Waals surface area contributed by atoms with Gasteiger partial charge >= 0.3 is 0 Å². The molecule has 2 atom stereocenters. The third kappa shape index (κ3) is 2.14. The normalized spacial score (nSPS) is 32.2. The highest BCUT2D eigenvalue weighted by Gasteiger charge is 2.37. The number of nitrogens with zero attached hydrogens (tertiary/aromatic N) is 2. The lowest BCUT2D eigenvalue weighted by Gasteiger charge is -2.49. The quantitative estimate of drug-likeness (QED) is 0.788. The van der Waals surface area contributed by atoms with Crippen molar-refractivity contribution in [1.29, 1.82) is 0 Å². The molecular weight excluding hydrogens is 220 g/mol. The highest BCUT2D eigenvalue weighted by Crippen LogP contribution is 2.35. The Morgan fingerprint density at radius 3 is 2.28 bits per heavy atom. The van der Waals surface area contributed by atoms with Gasteiger partial charge in [0.15, 0.2) is 0 Å². The van der Waals surface area contributed by atoms with Crippen LogP contribution in [-0.2, 0) is 0 Å². The highest BCUT2D eigenvalue weighted by atomic mass is 15.2. The summed E-state index contributed by atoms with van der Waals surface area (Å²) in [6.07, 6.45) is 6.89. The van der Waals surface area contributed by atoms with E-state index < -0.39 is 0 Å². The van der Waals surface area contributed by atoms with E-state index >= 15 is 0 Å². The molecule has 0 aliphatic carbocycles. The van der Waals surface area contributed by atoms with Crippen molar-refractivity contribution in [1.82, 2.24) is 4.90 Å². The summed E-state index contributed by atoms with van der Waals surface area (Å²) in [6, 6.07) is 13.2. The zero-order chi connectivity index (χ0) is 12.5. The molecule has 2 nitrogen and oxygen atoms in total. The molecule has 2 heterocycles. The van der Waals surface area contributed by atoms with Crippen molar-refractivity contribution < 1.29 is 0 Å². The molecule has 0 amide bonds. The molecule has 0 radical (unpaired) electrons. The lowest BCUT2D eigenvalue weighted by Crippen LogP contribution is -2.54. The van der Waals surface area contributed by atoms with E-state index in [0.29, 0.717) is 0 Å². The van der Waals surface area contributed by atoms with Gasteiger partial charge in [-0.25, -0.2) is 0 Å². The number of fused-ring (bicyclic) bond motifs is 2. The average Bonchev–Trinajstić information content (AvgIpc) is 2.38. The molecule has 98 valence electrons. The second kappa shape index (κ2) is 4.93. The minimum Gasteiger partial charge on any atom is -0.371 e. The van der Waals surface area contributed by atoms with Gasteiger partial charge in [0.2, 0.25) is 0 Å². The largest absolute Gasteiger partial charge is 0.371 e. The van der Waals surface area contributed by atoms with E-state index in [4.69, 9.17) is 0 Å². The lowest BCUT2D eigenvalue weighted by molar-refractivity contribution is 0.0559. The van der Waals surface area contributed by atoms with Crippen LogP contribution in [0.4, 0.5) is 5.69 Å². The fourth-order valence-electron chi connectivity index (χ4n) is 3.78. The van der Waals surface area contributed by atoms with Crippen LogP contribution in [0.5, 0.6) is 0 Å². The summed E-state index contributed by atoms with van der Waals surface area (Å²) in [7, 11) is 4.59. The standard InChI is InChI=1S/C16H24N2/c1-17(13-7-4-3-5-8-13)16-11-14-9-6-10-15(12-16)18(14)2/h3-5,7-8,14-16H,6,9-12H2,1-2H3. The first-order chi connectivity index (χ1) is 8.75. The SMILES string of the molecule is CN(c1ccccc1)C1CC2CCCC(C1)N2C. The molecule has 3 rings (SSSR count). The van der Waals surface area contributed by atoms with Crippen LogP contribution in [0.1, 0.15) is 32.1 Å². The second-order valence-corrected chi connectivity index (χ2v) is 5.98. The summed E-state index contributed by atoms with van der Waals surface area (Å²) in [5, 5.41) is 0. The number of benzene rings is 1. The predicted octanol–water partition coefficient (Wildman–Crippen LogP) is 3.14. The summed E-state index contributed by atoms with van der Waals surface area (Å²) in [6.45, 7) is 0. The van der Waals surface area contributed by atoms with Crippen molar-refractivity contribution in [3.05, 3.63) is 30.3 Å². The molecule has 0 N–H and O–H groups in total. The van der Waals surface area contributed by atoms with E-state index in [-0.39, 0.29) is 0 Å². The maximum Gasteiger partial charge on any atom is 0.0366 e. The van der Waals surface area contributed by atoms with Crippen LogP contribution in [0.2, 0.25) is 0 Å². The minimum absolute atomic E-state index is 0.721. The van der Waals surface area contributed by atoms with Gasteiger partial charge in [-0.05, 0) is 44.9 Å². The van der Waals surface area contributed by atoms with E-state index in [1.165, 1.54) is 37.8 Å². The molecule has 18 heavy (non-hydrogen) atoms. The Kier molecular flexibility index (Phi) is 3.29. The van der Waals surface area contributed by atoms with Crippen molar-refractivity contribution in [2.75, 3.05) is 19.0 Å². The van der Waals surface area contributed by atoms with Gasteiger partial charge in [0.05, 0.1) is 0 Å². The summed E-state index contributed by atoms with van der Waals surface area (Å²) < 4.78 is 0. The van der Waals surface area contributed by atoms with Crippen LogP contribution in [0.15, 0.2) is 30.3 Å². The summed E-state index contributed by atoms with van der Waals surface area (Å²) in [5.41, 5.74) is 1.37. The third-order valence-corrected chi connectivity index (χ3v) is 5.03. The molecule has 1 aromatic carbocycles. The molecule has 1 aromatic rings. The van der Waals surface area contributed by atoms with Crippen molar-refractivity contribution in [2.24, 2.45) is 0 Å².